The number of esters is 1. The van der Waals surface area contributed by atoms with Crippen molar-refractivity contribution >= 4 is 22.8 Å². The molecule has 6 nitrogen and oxygen atoms in total. The largest absolute Gasteiger partial charge is 0.452 e. The van der Waals surface area contributed by atoms with E-state index in [0.29, 0.717) is 24.7 Å². The molecule has 0 radical (unpaired) electrons. The standard InChI is InChI=1S/C26H29N3O3/c1-17(2)29-13-12-23-21(15-29)25(20-6-4-5-7-22(20)28-23)26(31)32-16-24(30)27-14-19-10-8-18(3)9-11-19/h4-11,17H,12-16H2,1-3H3,(H,27,30). The normalized spacial score (nSPS) is 13.8. The van der Waals surface area contributed by atoms with Gasteiger partial charge in [-0.3, -0.25) is 14.7 Å². The number of nitrogens with zero attached hydrogens (tertiary/aromatic N) is 2. The Kier molecular flexibility index (Phi) is 6.51. The minimum absolute atomic E-state index is 0.315. The predicted molar refractivity (Wildman–Crippen MR) is 124 cm³/mol. The lowest BCUT2D eigenvalue weighted by atomic mass is 9.95. The summed E-state index contributed by atoms with van der Waals surface area (Å²) in [6.07, 6.45) is 0.787. The number of hydrogen-bond donors (Lipinski definition) is 1. The topological polar surface area (TPSA) is 71.5 Å². The molecule has 166 valence electrons. The third-order valence-electron chi connectivity index (χ3n) is 5.96. The molecule has 0 spiro atoms. The van der Waals surface area contributed by atoms with E-state index in [2.05, 4.69) is 24.1 Å². The van der Waals surface area contributed by atoms with Crippen molar-refractivity contribution in [2.75, 3.05) is 13.2 Å². The molecule has 1 aliphatic rings. The molecule has 0 saturated heterocycles. The average molecular weight is 432 g/mol. The van der Waals surface area contributed by atoms with E-state index in [1.165, 1.54) is 0 Å². The molecule has 0 aliphatic carbocycles. The van der Waals surface area contributed by atoms with Crippen molar-refractivity contribution < 1.29 is 14.3 Å². The van der Waals surface area contributed by atoms with Crippen molar-refractivity contribution in [1.29, 1.82) is 0 Å². The highest BCUT2D eigenvalue weighted by Gasteiger charge is 2.27. The maximum Gasteiger partial charge on any atom is 0.339 e. The van der Waals surface area contributed by atoms with E-state index in [1.54, 1.807) is 0 Å². The second-order valence-electron chi connectivity index (χ2n) is 8.58. The van der Waals surface area contributed by atoms with Crippen LogP contribution in [0.4, 0.5) is 0 Å². The quantitative estimate of drug-likeness (QED) is 0.602. The third kappa shape index (κ3) is 4.81. The molecule has 0 saturated carbocycles. The van der Waals surface area contributed by atoms with Gasteiger partial charge in [0.2, 0.25) is 0 Å². The number of amides is 1. The van der Waals surface area contributed by atoms with Gasteiger partial charge in [-0.1, -0.05) is 48.0 Å². The smallest absolute Gasteiger partial charge is 0.339 e. The Morgan fingerprint density at radius 3 is 2.62 bits per heavy atom. The Morgan fingerprint density at radius 2 is 1.88 bits per heavy atom. The summed E-state index contributed by atoms with van der Waals surface area (Å²) < 4.78 is 5.47. The molecule has 2 heterocycles. The molecule has 0 atom stereocenters. The van der Waals surface area contributed by atoms with Crippen molar-refractivity contribution in [1.82, 2.24) is 15.2 Å². The van der Waals surface area contributed by atoms with Crippen LogP contribution in [-0.4, -0.2) is 41.0 Å². The molecule has 6 heteroatoms. The van der Waals surface area contributed by atoms with Gasteiger partial charge in [0.1, 0.15) is 0 Å². The zero-order valence-corrected chi connectivity index (χ0v) is 18.9. The number of aryl methyl sites for hydroxylation is 1. The monoisotopic (exact) mass is 431 g/mol. The number of ether oxygens (including phenoxy) is 1. The number of hydrogen-bond acceptors (Lipinski definition) is 5. The van der Waals surface area contributed by atoms with Crippen molar-refractivity contribution in [2.24, 2.45) is 0 Å². The molecule has 2 aromatic carbocycles. The summed E-state index contributed by atoms with van der Waals surface area (Å²) in [6, 6.07) is 15.9. The molecule has 1 amide bonds. The number of benzene rings is 2. The van der Waals surface area contributed by atoms with Gasteiger partial charge in [-0.2, -0.15) is 0 Å². The predicted octanol–water partition coefficient (Wildman–Crippen LogP) is 3.78. The zero-order valence-electron chi connectivity index (χ0n) is 18.9. The Morgan fingerprint density at radius 1 is 1.12 bits per heavy atom. The molecule has 1 aliphatic heterocycles. The second kappa shape index (κ2) is 9.49. The summed E-state index contributed by atoms with van der Waals surface area (Å²) in [5.74, 6) is -0.800. The van der Waals surface area contributed by atoms with Crippen LogP contribution in [0.3, 0.4) is 0 Å². The first-order chi connectivity index (χ1) is 15.4. The molecule has 3 aromatic rings. The lowest BCUT2D eigenvalue weighted by molar-refractivity contribution is -0.124. The van der Waals surface area contributed by atoms with Crippen LogP contribution in [0.2, 0.25) is 0 Å². The van der Waals surface area contributed by atoms with Gasteiger partial charge in [0.25, 0.3) is 5.91 Å². The Labute approximate surface area is 188 Å². The van der Waals surface area contributed by atoms with Crippen LogP contribution in [0.5, 0.6) is 0 Å². The highest BCUT2D eigenvalue weighted by atomic mass is 16.5. The van der Waals surface area contributed by atoms with Crippen LogP contribution in [0, 0.1) is 6.92 Å². The number of carbonyl (C=O) groups excluding carboxylic acids is 2. The van der Waals surface area contributed by atoms with E-state index in [4.69, 9.17) is 9.72 Å². The van der Waals surface area contributed by atoms with E-state index in [1.807, 2.05) is 55.5 Å². The Bertz CT molecular complexity index is 1140. The number of pyridine rings is 1. The molecule has 0 unspecified atom stereocenters. The van der Waals surface area contributed by atoms with Crippen LogP contribution in [0.25, 0.3) is 10.9 Å². The number of para-hydroxylation sites is 1. The van der Waals surface area contributed by atoms with E-state index in [9.17, 15) is 9.59 Å². The molecular formula is C26H29N3O3. The van der Waals surface area contributed by atoms with Crippen molar-refractivity contribution in [3.8, 4) is 0 Å². The van der Waals surface area contributed by atoms with Crippen LogP contribution < -0.4 is 5.32 Å². The van der Waals surface area contributed by atoms with Crippen LogP contribution in [-0.2, 0) is 29.0 Å². The van der Waals surface area contributed by atoms with Crippen molar-refractivity contribution in [3.63, 3.8) is 0 Å². The van der Waals surface area contributed by atoms with E-state index >= 15 is 0 Å². The number of rotatable bonds is 6. The summed E-state index contributed by atoms with van der Waals surface area (Å²) in [7, 11) is 0. The lowest BCUT2D eigenvalue weighted by Crippen LogP contribution is -2.37. The van der Waals surface area contributed by atoms with Gasteiger partial charge in [0.05, 0.1) is 11.1 Å². The van der Waals surface area contributed by atoms with Crippen LogP contribution in [0.1, 0.15) is 46.6 Å². The Balaban J connectivity index is 1.50. The third-order valence-corrected chi connectivity index (χ3v) is 5.96. The minimum atomic E-state index is -0.476. The van der Waals surface area contributed by atoms with E-state index in [0.717, 1.165) is 46.3 Å². The summed E-state index contributed by atoms with van der Waals surface area (Å²) in [5.41, 5.74) is 5.32. The highest BCUT2D eigenvalue weighted by molar-refractivity contribution is 6.05. The zero-order chi connectivity index (χ0) is 22.7. The lowest BCUT2D eigenvalue weighted by Gasteiger charge is -2.32. The minimum Gasteiger partial charge on any atom is -0.452 e. The fraction of sp³-hybridized carbons (Fsp3) is 0.346. The van der Waals surface area contributed by atoms with Gasteiger partial charge in [-0.25, -0.2) is 4.79 Å². The maximum absolute atomic E-state index is 13.2. The van der Waals surface area contributed by atoms with Gasteiger partial charge < -0.3 is 10.1 Å². The van der Waals surface area contributed by atoms with Gasteiger partial charge in [-0.05, 0) is 32.4 Å². The molecule has 32 heavy (non-hydrogen) atoms. The summed E-state index contributed by atoms with van der Waals surface area (Å²) in [6.45, 7) is 7.95. The number of nitrogens with one attached hydrogen (secondary N) is 1. The first-order valence-electron chi connectivity index (χ1n) is 11.1. The molecular weight excluding hydrogens is 402 g/mol. The van der Waals surface area contributed by atoms with Gasteiger partial charge in [0.15, 0.2) is 6.61 Å². The fourth-order valence-electron chi connectivity index (χ4n) is 4.05. The van der Waals surface area contributed by atoms with Crippen molar-refractivity contribution in [2.45, 2.75) is 46.3 Å². The molecule has 1 aromatic heterocycles. The van der Waals surface area contributed by atoms with E-state index < -0.39 is 5.97 Å². The number of aromatic nitrogens is 1. The van der Waals surface area contributed by atoms with Gasteiger partial charge in [-0.15, -0.1) is 0 Å². The number of fused-ring (bicyclic) bond motifs is 2. The summed E-state index contributed by atoms with van der Waals surface area (Å²) >= 11 is 0. The Hall–Kier alpha value is -3.25. The van der Waals surface area contributed by atoms with Crippen LogP contribution in [0.15, 0.2) is 48.5 Å². The first-order valence-corrected chi connectivity index (χ1v) is 11.1. The van der Waals surface area contributed by atoms with Crippen LogP contribution >= 0.6 is 0 Å². The molecule has 0 fully saturated rings. The SMILES string of the molecule is Cc1ccc(CNC(=O)COC(=O)c2c3c(nc4ccccc24)CCN(C(C)C)C3)cc1. The highest BCUT2D eigenvalue weighted by Crippen LogP contribution is 2.29. The average Bonchev–Trinajstić information content (AvgIpc) is 2.80. The number of carbonyl (C=O) groups is 2. The van der Waals surface area contributed by atoms with Crippen molar-refractivity contribution in [3.05, 3.63) is 76.5 Å². The van der Waals surface area contributed by atoms with Gasteiger partial charge in [0, 0.05) is 48.7 Å². The summed E-state index contributed by atoms with van der Waals surface area (Å²) in [4.78, 5) is 32.6. The van der Waals surface area contributed by atoms with Gasteiger partial charge >= 0.3 is 5.97 Å². The van der Waals surface area contributed by atoms with E-state index in [-0.39, 0.29) is 12.5 Å². The fourth-order valence-corrected chi connectivity index (χ4v) is 4.05. The maximum atomic E-state index is 13.2. The molecule has 0 bridgehead atoms. The first kappa shape index (κ1) is 22.0. The summed E-state index contributed by atoms with van der Waals surface area (Å²) in [5, 5.41) is 3.58. The molecule has 4 rings (SSSR count). The second-order valence-corrected chi connectivity index (χ2v) is 8.58. The molecule has 1 N–H and O–H groups in total.